The summed E-state index contributed by atoms with van der Waals surface area (Å²) in [5.74, 6) is 0.827. The minimum absolute atomic E-state index is 0.212. The van der Waals surface area contributed by atoms with Gasteiger partial charge in [0.15, 0.2) is 0 Å². The van der Waals surface area contributed by atoms with Crippen molar-refractivity contribution in [3.05, 3.63) is 41.7 Å². The fraction of sp³-hybridized carbons (Fsp3) is 0.429. The molecule has 1 atom stereocenters. The number of nitrogens with one attached hydrogen (secondary N) is 3. The molecule has 0 unspecified atom stereocenters. The number of urea groups is 1. The van der Waals surface area contributed by atoms with Gasteiger partial charge in [-0.3, -0.25) is 15.0 Å². The summed E-state index contributed by atoms with van der Waals surface area (Å²) >= 11 is 0. The molecule has 0 saturated carbocycles. The average molecular weight is 425 g/mol. The van der Waals surface area contributed by atoms with Gasteiger partial charge in [-0.2, -0.15) is 0 Å². The summed E-state index contributed by atoms with van der Waals surface area (Å²) < 4.78 is 5.89. The lowest BCUT2D eigenvalue weighted by Crippen LogP contribution is -2.57. The van der Waals surface area contributed by atoms with Gasteiger partial charge < -0.3 is 20.3 Å². The third-order valence-electron chi connectivity index (χ3n) is 5.40. The van der Waals surface area contributed by atoms with Crippen LogP contribution in [0.4, 0.5) is 16.3 Å². The van der Waals surface area contributed by atoms with Crippen molar-refractivity contribution in [1.29, 1.82) is 0 Å². The van der Waals surface area contributed by atoms with E-state index in [2.05, 4.69) is 35.7 Å². The standard InChI is InChI=1S/C21H27N7O3/c1-3-23-21(30)26-18-10-14(6-7-24-18)11-27-8-9-28-15(12-27)13-31-20-17(28)5-4-16(25-20)19(29)22-2/h4-7,10,15H,3,8-9,11-13H2,1-2H3,(H,22,29)(H2,23,24,26,30)/t15-/m0/s1. The molecule has 4 rings (SSSR count). The summed E-state index contributed by atoms with van der Waals surface area (Å²) in [6.07, 6.45) is 1.71. The van der Waals surface area contributed by atoms with Crippen molar-refractivity contribution in [2.24, 2.45) is 0 Å². The number of ether oxygens (including phenoxy) is 1. The molecule has 1 fully saturated rings. The third-order valence-corrected chi connectivity index (χ3v) is 5.40. The highest BCUT2D eigenvalue weighted by atomic mass is 16.5. The van der Waals surface area contributed by atoms with Gasteiger partial charge in [0.25, 0.3) is 5.91 Å². The van der Waals surface area contributed by atoms with E-state index in [-0.39, 0.29) is 18.0 Å². The Hall–Kier alpha value is -3.40. The molecule has 3 amide bonds. The molecule has 3 N–H and O–H groups in total. The van der Waals surface area contributed by atoms with Crippen LogP contribution in [0.5, 0.6) is 5.88 Å². The second kappa shape index (κ2) is 9.17. The van der Waals surface area contributed by atoms with Crippen LogP contribution < -0.4 is 25.6 Å². The fourth-order valence-corrected chi connectivity index (χ4v) is 3.93. The minimum Gasteiger partial charge on any atom is -0.474 e. The van der Waals surface area contributed by atoms with E-state index in [1.54, 1.807) is 19.3 Å². The fourth-order valence-electron chi connectivity index (χ4n) is 3.93. The van der Waals surface area contributed by atoms with Gasteiger partial charge in [-0.15, -0.1) is 0 Å². The van der Waals surface area contributed by atoms with Gasteiger partial charge >= 0.3 is 6.03 Å². The van der Waals surface area contributed by atoms with Crippen LogP contribution in [-0.2, 0) is 6.54 Å². The lowest BCUT2D eigenvalue weighted by molar-refractivity contribution is 0.0956. The van der Waals surface area contributed by atoms with Crippen molar-refractivity contribution in [3.8, 4) is 5.88 Å². The zero-order chi connectivity index (χ0) is 21.8. The number of fused-ring (bicyclic) bond motifs is 3. The highest BCUT2D eigenvalue weighted by molar-refractivity contribution is 5.92. The van der Waals surface area contributed by atoms with Crippen molar-refractivity contribution in [3.63, 3.8) is 0 Å². The SMILES string of the molecule is CCNC(=O)Nc1cc(CN2CCN3c4ccc(C(=O)NC)nc4OC[C@@H]3C2)ccn1. The molecule has 2 aromatic rings. The molecule has 10 heteroatoms. The molecular formula is C21H27N7O3. The smallest absolute Gasteiger partial charge is 0.320 e. The number of pyridine rings is 2. The number of hydrogen-bond donors (Lipinski definition) is 3. The van der Waals surface area contributed by atoms with Crippen LogP contribution in [0, 0.1) is 0 Å². The Morgan fingerprint density at radius 3 is 2.94 bits per heavy atom. The predicted molar refractivity (Wildman–Crippen MR) is 116 cm³/mol. The van der Waals surface area contributed by atoms with Gasteiger partial charge in [0.05, 0.1) is 6.04 Å². The van der Waals surface area contributed by atoms with Crippen LogP contribution in [0.15, 0.2) is 30.5 Å². The molecule has 0 aromatic carbocycles. The van der Waals surface area contributed by atoms with Gasteiger partial charge in [-0.05, 0) is 36.8 Å². The zero-order valence-electron chi connectivity index (χ0n) is 17.7. The third kappa shape index (κ3) is 4.69. The van der Waals surface area contributed by atoms with Gasteiger partial charge in [-0.1, -0.05) is 0 Å². The zero-order valence-corrected chi connectivity index (χ0v) is 17.7. The number of aromatic nitrogens is 2. The van der Waals surface area contributed by atoms with Crippen molar-refractivity contribution >= 4 is 23.4 Å². The topological polar surface area (TPSA) is 112 Å². The molecule has 1 saturated heterocycles. The quantitative estimate of drug-likeness (QED) is 0.657. The van der Waals surface area contributed by atoms with Crippen LogP contribution in [0.2, 0.25) is 0 Å². The Balaban J connectivity index is 1.39. The highest BCUT2D eigenvalue weighted by Crippen LogP contribution is 2.34. The van der Waals surface area contributed by atoms with E-state index in [9.17, 15) is 9.59 Å². The molecular weight excluding hydrogens is 398 g/mol. The molecule has 0 radical (unpaired) electrons. The molecule has 2 aromatic heterocycles. The van der Waals surface area contributed by atoms with E-state index in [0.717, 1.165) is 37.4 Å². The summed E-state index contributed by atoms with van der Waals surface area (Å²) in [5.41, 5.74) is 2.37. The first kappa shape index (κ1) is 20.9. The summed E-state index contributed by atoms with van der Waals surface area (Å²) in [6, 6.07) is 7.47. The molecule has 4 heterocycles. The molecule has 31 heavy (non-hydrogen) atoms. The van der Waals surface area contributed by atoms with Crippen LogP contribution in [-0.4, -0.2) is 72.7 Å². The molecule has 10 nitrogen and oxygen atoms in total. The predicted octanol–water partition coefficient (Wildman–Crippen LogP) is 1.06. The molecule has 0 aliphatic carbocycles. The number of amides is 3. The summed E-state index contributed by atoms with van der Waals surface area (Å²) in [6.45, 7) is 6.29. The molecule has 0 spiro atoms. The Morgan fingerprint density at radius 2 is 2.13 bits per heavy atom. The maximum Gasteiger partial charge on any atom is 0.320 e. The second-order valence-electron chi connectivity index (χ2n) is 7.53. The lowest BCUT2D eigenvalue weighted by atomic mass is 10.1. The Kier molecular flexibility index (Phi) is 6.17. The largest absolute Gasteiger partial charge is 0.474 e. The number of nitrogens with zero attached hydrogens (tertiary/aromatic N) is 4. The maximum absolute atomic E-state index is 11.8. The van der Waals surface area contributed by atoms with Crippen LogP contribution >= 0.6 is 0 Å². The van der Waals surface area contributed by atoms with E-state index in [1.807, 2.05) is 25.1 Å². The van der Waals surface area contributed by atoms with Crippen molar-refractivity contribution in [1.82, 2.24) is 25.5 Å². The lowest BCUT2D eigenvalue weighted by Gasteiger charge is -2.45. The molecule has 2 aliphatic rings. The van der Waals surface area contributed by atoms with Gasteiger partial charge in [-0.25, -0.2) is 14.8 Å². The van der Waals surface area contributed by atoms with E-state index >= 15 is 0 Å². The Labute approximate surface area is 181 Å². The number of rotatable bonds is 5. The monoisotopic (exact) mass is 425 g/mol. The maximum atomic E-state index is 11.8. The van der Waals surface area contributed by atoms with Gasteiger partial charge in [0, 0.05) is 46.0 Å². The van der Waals surface area contributed by atoms with Crippen molar-refractivity contribution in [2.75, 3.05) is 50.1 Å². The minimum atomic E-state index is -0.257. The van der Waals surface area contributed by atoms with E-state index < -0.39 is 0 Å². The summed E-state index contributed by atoms with van der Waals surface area (Å²) in [4.78, 5) is 36.8. The van der Waals surface area contributed by atoms with Crippen LogP contribution in [0.25, 0.3) is 0 Å². The number of carbonyl (C=O) groups is 2. The first-order valence-electron chi connectivity index (χ1n) is 10.4. The van der Waals surface area contributed by atoms with Gasteiger partial charge in [0.2, 0.25) is 5.88 Å². The Bertz CT molecular complexity index is 968. The first-order valence-corrected chi connectivity index (χ1v) is 10.4. The van der Waals surface area contributed by atoms with Crippen molar-refractivity contribution in [2.45, 2.75) is 19.5 Å². The number of hydrogen-bond acceptors (Lipinski definition) is 7. The van der Waals surface area contributed by atoms with Gasteiger partial charge in [0.1, 0.15) is 23.8 Å². The average Bonchev–Trinajstić information content (AvgIpc) is 2.78. The summed E-state index contributed by atoms with van der Waals surface area (Å²) in [7, 11) is 1.58. The van der Waals surface area contributed by atoms with Crippen LogP contribution in [0.1, 0.15) is 23.0 Å². The second-order valence-corrected chi connectivity index (χ2v) is 7.53. The molecule has 164 valence electrons. The first-order chi connectivity index (χ1) is 15.1. The number of anilines is 2. The van der Waals surface area contributed by atoms with Crippen molar-refractivity contribution < 1.29 is 14.3 Å². The number of carbonyl (C=O) groups excluding carboxylic acids is 2. The molecule has 0 bridgehead atoms. The number of piperazine rings is 1. The highest BCUT2D eigenvalue weighted by Gasteiger charge is 2.34. The Morgan fingerprint density at radius 1 is 1.26 bits per heavy atom. The molecule has 2 aliphatic heterocycles. The van der Waals surface area contributed by atoms with Crippen LogP contribution in [0.3, 0.4) is 0 Å². The summed E-state index contributed by atoms with van der Waals surface area (Å²) in [5, 5.41) is 8.04. The van der Waals surface area contributed by atoms with E-state index in [0.29, 0.717) is 30.5 Å². The van der Waals surface area contributed by atoms with E-state index in [1.165, 1.54) is 0 Å². The van der Waals surface area contributed by atoms with E-state index in [4.69, 9.17) is 4.74 Å². The normalized spacial score (nSPS) is 17.7.